The largest absolute Gasteiger partial charge is 0.445 e. The molecule has 1 amide bonds. The second-order valence-corrected chi connectivity index (χ2v) is 5.98. The Hall–Kier alpha value is -2.36. The van der Waals surface area contributed by atoms with E-state index >= 15 is 0 Å². The number of aryl methyl sites for hydroxylation is 1. The van der Waals surface area contributed by atoms with Crippen molar-refractivity contribution in [3.8, 4) is 0 Å². The van der Waals surface area contributed by atoms with Crippen molar-refractivity contribution in [3.63, 3.8) is 0 Å². The van der Waals surface area contributed by atoms with Gasteiger partial charge in [-0.2, -0.15) is 0 Å². The maximum absolute atomic E-state index is 12.5. The molecule has 1 aromatic heterocycles. The summed E-state index contributed by atoms with van der Waals surface area (Å²) in [6.45, 7) is 3.13. The second-order valence-electron chi connectivity index (χ2n) is 5.98. The first-order valence-corrected chi connectivity index (χ1v) is 8.13. The van der Waals surface area contributed by atoms with Crippen LogP contribution in [-0.4, -0.2) is 22.5 Å². The third-order valence-corrected chi connectivity index (χ3v) is 4.38. The fraction of sp³-hybridized carbons (Fsp3) is 0.368. The summed E-state index contributed by atoms with van der Waals surface area (Å²) in [5, 5.41) is 0. The van der Waals surface area contributed by atoms with Crippen molar-refractivity contribution in [3.05, 3.63) is 65.5 Å². The van der Waals surface area contributed by atoms with E-state index in [2.05, 4.69) is 11.9 Å². The first-order valence-electron chi connectivity index (χ1n) is 8.13. The van der Waals surface area contributed by atoms with Gasteiger partial charge in [0.2, 0.25) is 0 Å². The highest BCUT2D eigenvalue weighted by molar-refractivity contribution is 5.68. The first-order chi connectivity index (χ1) is 11.3. The van der Waals surface area contributed by atoms with Gasteiger partial charge in [-0.3, -0.25) is 4.98 Å². The van der Waals surface area contributed by atoms with Crippen molar-refractivity contribution >= 4 is 6.09 Å². The van der Waals surface area contributed by atoms with Crippen LogP contribution >= 0.6 is 0 Å². The van der Waals surface area contributed by atoms with Gasteiger partial charge < -0.3 is 9.64 Å². The summed E-state index contributed by atoms with van der Waals surface area (Å²) in [6.07, 6.45) is 6.55. The van der Waals surface area contributed by atoms with Gasteiger partial charge in [-0.1, -0.05) is 30.3 Å². The molecule has 4 nitrogen and oxygen atoms in total. The molecule has 3 rings (SSSR count). The van der Waals surface area contributed by atoms with Crippen LogP contribution < -0.4 is 0 Å². The fourth-order valence-corrected chi connectivity index (χ4v) is 3.10. The number of hydrogen-bond acceptors (Lipinski definition) is 3. The molecule has 0 bridgehead atoms. The smallest absolute Gasteiger partial charge is 0.410 e. The van der Waals surface area contributed by atoms with Crippen LogP contribution in [0.2, 0.25) is 0 Å². The number of amides is 1. The Bertz CT molecular complexity index is 657. The van der Waals surface area contributed by atoms with E-state index < -0.39 is 0 Å². The number of nitrogens with zero attached hydrogens (tertiary/aromatic N) is 2. The minimum Gasteiger partial charge on any atom is -0.445 e. The molecule has 2 heterocycles. The average Bonchev–Trinajstić information content (AvgIpc) is 2.61. The molecule has 0 N–H and O–H groups in total. The highest BCUT2D eigenvalue weighted by Gasteiger charge is 2.30. The molecule has 23 heavy (non-hydrogen) atoms. The third kappa shape index (κ3) is 3.70. The average molecular weight is 310 g/mol. The SMILES string of the molecule is Cc1ccncc1[C@@H]1CCCCN1C(=O)OCc1ccccc1. The normalized spacial score (nSPS) is 17.8. The molecule has 0 aliphatic carbocycles. The fourth-order valence-electron chi connectivity index (χ4n) is 3.10. The molecule has 120 valence electrons. The van der Waals surface area contributed by atoms with Crippen LogP contribution in [-0.2, 0) is 11.3 Å². The van der Waals surface area contributed by atoms with Gasteiger partial charge >= 0.3 is 6.09 Å². The van der Waals surface area contributed by atoms with Crippen molar-refractivity contribution in [2.75, 3.05) is 6.54 Å². The third-order valence-electron chi connectivity index (χ3n) is 4.38. The number of likely N-dealkylation sites (tertiary alicyclic amines) is 1. The quantitative estimate of drug-likeness (QED) is 0.851. The first kappa shape index (κ1) is 15.5. The number of aromatic nitrogens is 1. The summed E-state index contributed by atoms with van der Waals surface area (Å²) in [6, 6.07) is 11.9. The summed E-state index contributed by atoms with van der Waals surface area (Å²) < 4.78 is 5.53. The van der Waals surface area contributed by atoms with Crippen LogP contribution in [0, 0.1) is 6.92 Å². The van der Waals surface area contributed by atoms with Gasteiger partial charge in [0.05, 0.1) is 6.04 Å². The summed E-state index contributed by atoms with van der Waals surface area (Å²) in [7, 11) is 0. The lowest BCUT2D eigenvalue weighted by molar-refractivity contribution is 0.0677. The summed E-state index contributed by atoms with van der Waals surface area (Å²) in [5.41, 5.74) is 3.31. The maximum Gasteiger partial charge on any atom is 0.410 e. The molecule has 1 saturated heterocycles. The molecule has 4 heteroatoms. The predicted molar refractivity (Wildman–Crippen MR) is 88.9 cm³/mol. The minimum absolute atomic E-state index is 0.0701. The Morgan fingerprint density at radius 3 is 2.87 bits per heavy atom. The van der Waals surface area contributed by atoms with E-state index in [1.54, 1.807) is 6.20 Å². The van der Waals surface area contributed by atoms with Crippen LogP contribution in [0.15, 0.2) is 48.8 Å². The van der Waals surface area contributed by atoms with Gasteiger partial charge in [-0.25, -0.2) is 4.79 Å². The Morgan fingerprint density at radius 1 is 1.26 bits per heavy atom. The molecule has 1 fully saturated rings. The number of benzene rings is 1. The molecule has 1 aromatic carbocycles. The van der Waals surface area contributed by atoms with Crippen LogP contribution in [0.1, 0.15) is 42.0 Å². The van der Waals surface area contributed by atoms with E-state index in [9.17, 15) is 4.79 Å². The van der Waals surface area contributed by atoms with Crippen LogP contribution in [0.5, 0.6) is 0 Å². The number of rotatable bonds is 3. The second kappa shape index (κ2) is 7.27. The predicted octanol–water partition coefficient (Wildman–Crippen LogP) is 4.25. The molecule has 2 aromatic rings. The van der Waals surface area contributed by atoms with Gasteiger partial charge in [0.25, 0.3) is 0 Å². The Morgan fingerprint density at radius 2 is 2.09 bits per heavy atom. The number of ether oxygens (including phenoxy) is 1. The zero-order chi connectivity index (χ0) is 16.1. The Balaban J connectivity index is 1.71. The van der Waals surface area contributed by atoms with Gasteiger partial charge in [0, 0.05) is 18.9 Å². The molecule has 1 aliphatic rings. The van der Waals surface area contributed by atoms with E-state index in [4.69, 9.17) is 4.74 Å². The van der Waals surface area contributed by atoms with Crippen LogP contribution in [0.3, 0.4) is 0 Å². The van der Waals surface area contributed by atoms with Crippen molar-refractivity contribution < 1.29 is 9.53 Å². The number of carbonyl (C=O) groups is 1. The van der Waals surface area contributed by atoms with E-state index in [1.807, 2.05) is 47.5 Å². The highest BCUT2D eigenvalue weighted by atomic mass is 16.6. The zero-order valence-electron chi connectivity index (χ0n) is 13.4. The molecular formula is C19H22N2O2. The minimum atomic E-state index is -0.234. The number of piperidine rings is 1. The summed E-state index contributed by atoms with van der Waals surface area (Å²) in [5.74, 6) is 0. The lowest BCUT2D eigenvalue weighted by atomic mass is 9.94. The number of pyridine rings is 1. The number of carbonyl (C=O) groups excluding carboxylic acids is 1. The maximum atomic E-state index is 12.5. The van der Waals surface area contributed by atoms with Crippen LogP contribution in [0.4, 0.5) is 4.79 Å². The zero-order valence-corrected chi connectivity index (χ0v) is 13.4. The van der Waals surface area contributed by atoms with Crippen molar-refractivity contribution in [1.82, 2.24) is 9.88 Å². The van der Waals surface area contributed by atoms with E-state index in [0.29, 0.717) is 6.61 Å². The Labute approximate surface area is 137 Å². The molecule has 1 atom stereocenters. The van der Waals surface area contributed by atoms with Crippen molar-refractivity contribution in [2.24, 2.45) is 0 Å². The van der Waals surface area contributed by atoms with Crippen molar-refractivity contribution in [2.45, 2.75) is 38.8 Å². The lowest BCUT2D eigenvalue weighted by Crippen LogP contribution is -2.39. The summed E-state index contributed by atoms with van der Waals surface area (Å²) >= 11 is 0. The van der Waals surface area contributed by atoms with Gasteiger partial charge in [-0.05, 0) is 48.9 Å². The van der Waals surface area contributed by atoms with Gasteiger partial charge in [0.1, 0.15) is 6.61 Å². The van der Waals surface area contributed by atoms with Crippen LogP contribution in [0.25, 0.3) is 0 Å². The van der Waals surface area contributed by atoms with Gasteiger partial charge in [0.15, 0.2) is 0 Å². The van der Waals surface area contributed by atoms with E-state index in [-0.39, 0.29) is 12.1 Å². The highest BCUT2D eigenvalue weighted by Crippen LogP contribution is 2.32. The van der Waals surface area contributed by atoms with E-state index in [0.717, 1.165) is 36.9 Å². The molecule has 0 spiro atoms. The van der Waals surface area contributed by atoms with Gasteiger partial charge in [-0.15, -0.1) is 0 Å². The molecular weight excluding hydrogens is 288 g/mol. The van der Waals surface area contributed by atoms with E-state index in [1.165, 1.54) is 5.56 Å². The number of hydrogen-bond donors (Lipinski definition) is 0. The lowest BCUT2D eigenvalue weighted by Gasteiger charge is -2.35. The summed E-state index contributed by atoms with van der Waals surface area (Å²) in [4.78, 5) is 18.6. The molecule has 0 radical (unpaired) electrons. The standard InChI is InChI=1S/C19H22N2O2/c1-15-10-11-20-13-17(15)18-9-5-6-12-21(18)19(22)23-14-16-7-3-2-4-8-16/h2-4,7-8,10-11,13,18H,5-6,9,12,14H2,1H3/t18-/m0/s1. The molecule has 1 aliphatic heterocycles. The Kier molecular flexibility index (Phi) is 4.91. The van der Waals surface area contributed by atoms with Crippen molar-refractivity contribution in [1.29, 1.82) is 0 Å². The molecule has 0 saturated carbocycles. The topological polar surface area (TPSA) is 42.4 Å². The molecule has 0 unspecified atom stereocenters. The monoisotopic (exact) mass is 310 g/mol.